The summed E-state index contributed by atoms with van der Waals surface area (Å²) in [6.45, 7) is 1.14. The third kappa shape index (κ3) is 3.13. The second-order valence-electron chi connectivity index (χ2n) is 6.40. The number of aliphatic hydroxyl groups is 1. The van der Waals surface area contributed by atoms with Crippen LogP contribution >= 0.6 is 0 Å². The van der Waals surface area contributed by atoms with Gasteiger partial charge in [-0.15, -0.1) is 0 Å². The molecule has 1 saturated heterocycles. The number of nitrogens with zero attached hydrogens (tertiary/aromatic N) is 1. The summed E-state index contributed by atoms with van der Waals surface area (Å²) < 4.78 is 0. The lowest BCUT2D eigenvalue weighted by molar-refractivity contribution is -0.136. The zero-order valence-corrected chi connectivity index (χ0v) is 12.6. The third-order valence-corrected chi connectivity index (χ3v) is 5.05. The van der Waals surface area contributed by atoms with Crippen molar-refractivity contribution in [2.75, 3.05) is 13.2 Å². The van der Waals surface area contributed by atoms with Crippen molar-refractivity contribution in [2.24, 2.45) is 5.92 Å². The van der Waals surface area contributed by atoms with E-state index < -0.39 is 0 Å². The summed E-state index contributed by atoms with van der Waals surface area (Å²) >= 11 is 0. The Kier molecular flexibility index (Phi) is 4.59. The summed E-state index contributed by atoms with van der Waals surface area (Å²) in [6.07, 6.45) is 6.90. The first kappa shape index (κ1) is 14.6. The second kappa shape index (κ2) is 6.61. The van der Waals surface area contributed by atoms with Gasteiger partial charge >= 0.3 is 0 Å². The zero-order valence-electron chi connectivity index (χ0n) is 12.6. The molecule has 3 rings (SSSR count). The maximum atomic E-state index is 12.8. The fraction of sp³-hybridized carbons (Fsp3) is 0.611. The average Bonchev–Trinajstić information content (AvgIpc) is 3.00. The van der Waals surface area contributed by atoms with Gasteiger partial charge in [-0.2, -0.15) is 0 Å². The van der Waals surface area contributed by atoms with Crippen molar-refractivity contribution >= 4 is 5.91 Å². The van der Waals surface area contributed by atoms with Crippen molar-refractivity contribution in [1.29, 1.82) is 0 Å². The summed E-state index contributed by atoms with van der Waals surface area (Å²) in [5.74, 6) is 0.513. The van der Waals surface area contributed by atoms with Gasteiger partial charge in [-0.05, 0) is 56.1 Å². The number of carbonyl (C=O) groups is 1. The first-order valence-electron chi connectivity index (χ1n) is 8.27. The standard InChI is InChI=1S/C18H25NO2/c20-12-4-8-17-7-3-11-19(17)18(21)16-10-9-14-5-1-2-6-15(14)13-16/h1-2,5-6,16-17,20H,3-4,7-13H2. The van der Waals surface area contributed by atoms with Gasteiger partial charge in [-0.25, -0.2) is 0 Å². The molecule has 1 aliphatic carbocycles. The molecule has 1 aromatic rings. The molecule has 1 heterocycles. The quantitative estimate of drug-likeness (QED) is 0.924. The Morgan fingerprint density at radius 3 is 2.86 bits per heavy atom. The molecule has 0 bridgehead atoms. The number of rotatable bonds is 4. The van der Waals surface area contributed by atoms with Crippen LogP contribution in [0.3, 0.4) is 0 Å². The molecule has 114 valence electrons. The number of benzene rings is 1. The van der Waals surface area contributed by atoms with Crippen LogP contribution < -0.4 is 0 Å². The van der Waals surface area contributed by atoms with Crippen LogP contribution in [0.25, 0.3) is 0 Å². The molecule has 2 atom stereocenters. The van der Waals surface area contributed by atoms with Crippen LogP contribution in [0, 0.1) is 5.92 Å². The molecule has 1 aliphatic heterocycles. The first-order chi connectivity index (χ1) is 10.3. The largest absolute Gasteiger partial charge is 0.396 e. The molecule has 1 fully saturated rings. The number of fused-ring (bicyclic) bond motifs is 1. The van der Waals surface area contributed by atoms with Crippen molar-refractivity contribution in [3.05, 3.63) is 35.4 Å². The highest BCUT2D eigenvalue weighted by Gasteiger charge is 2.34. The summed E-state index contributed by atoms with van der Waals surface area (Å²) in [5.41, 5.74) is 2.77. The number of carbonyl (C=O) groups excluding carboxylic acids is 1. The minimum atomic E-state index is 0.162. The van der Waals surface area contributed by atoms with E-state index >= 15 is 0 Å². The SMILES string of the molecule is O=C(C1CCc2ccccc2C1)N1CCCC1CCCO. The highest BCUT2D eigenvalue weighted by Crippen LogP contribution is 2.30. The van der Waals surface area contributed by atoms with Gasteiger partial charge in [0, 0.05) is 25.1 Å². The Morgan fingerprint density at radius 1 is 1.24 bits per heavy atom. The Morgan fingerprint density at radius 2 is 2.05 bits per heavy atom. The van der Waals surface area contributed by atoms with Gasteiger partial charge < -0.3 is 10.0 Å². The zero-order chi connectivity index (χ0) is 14.7. The highest BCUT2D eigenvalue weighted by atomic mass is 16.3. The maximum absolute atomic E-state index is 12.8. The van der Waals surface area contributed by atoms with Gasteiger partial charge in [-0.3, -0.25) is 4.79 Å². The topological polar surface area (TPSA) is 40.5 Å². The minimum absolute atomic E-state index is 0.162. The molecule has 0 aromatic heterocycles. The third-order valence-electron chi connectivity index (χ3n) is 5.05. The van der Waals surface area contributed by atoms with Crippen molar-refractivity contribution < 1.29 is 9.90 Å². The van der Waals surface area contributed by atoms with Gasteiger partial charge in [0.15, 0.2) is 0 Å². The van der Waals surface area contributed by atoms with E-state index in [4.69, 9.17) is 5.11 Å². The molecular weight excluding hydrogens is 262 g/mol. The Bertz CT molecular complexity index is 500. The van der Waals surface area contributed by atoms with E-state index in [1.54, 1.807) is 0 Å². The van der Waals surface area contributed by atoms with Crippen molar-refractivity contribution in [3.63, 3.8) is 0 Å². The van der Waals surface area contributed by atoms with E-state index in [0.29, 0.717) is 11.9 Å². The Balaban J connectivity index is 1.66. The first-order valence-corrected chi connectivity index (χ1v) is 8.27. The van der Waals surface area contributed by atoms with Crippen LogP contribution in [-0.4, -0.2) is 35.1 Å². The summed E-state index contributed by atoms with van der Waals surface area (Å²) in [4.78, 5) is 15.0. The van der Waals surface area contributed by atoms with Gasteiger partial charge in [0.05, 0.1) is 0 Å². The van der Waals surface area contributed by atoms with Crippen molar-refractivity contribution in [3.8, 4) is 0 Å². The van der Waals surface area contributed by atoms with E-state index in [2.05, 4.69) is 29.2 Å². The summed E-state index contributed by atoms with van der Waals surface area (Å²) in [6, 6.07) is 8.89. The predicted molar refractivity (Wildman–Crippen MR) is 83.0 cm³/mol. The van der Waals surface area contributed by atoms with E-state index in [9.17, 15) is 4.79 Å². The van der Waals surface area contributed by atoms with E-state index in [1.807, 2.05) is 0 Å². The monoisotopic (exact) mass is 287 g/mol. The average molecular weight is 287 g/mol. The number of amides is 1. The Hall–Kier alpha value is -1.35. The van der Waals surface area contributed by atoms with Crippen molar-refractivity contribution in [2.45, 2.75) is 51.0 Å². The smallest absolute Gasteiger partial charge is 0.226 e. The lowest BCUT2D eigenvalue weighted by Crippen LogP contribution is -2.41. The second-order valence-corrected chi connectivity index (χ2v) is 6.40. The normalized spacial score (nSPS) is 24.9. The van der Waals surface area contributed by atoms with Crippen LogP contribution in [0.15, 0.2) is 24.3 Å². The van der Waals surface area contributed by atoms with E-state index in [0.717, 1.165) is 51.5 Å². The van der Waals surface area contributed by atoms with Gasteiger partial charge in [0.1, 0.15) is 0 Å². The van der Waals surface area contributed by atoms with Crippen LogP contribution in [-0.2, 0) is 17.6 Å². The van der Waals surface area contributed by atoms with E-state index in [1.165, 1.54) is 11.1 Å². The minimum Gasteiger partial charge on any atom is -0.396 e. The van der Waals surface area contributed by atoms with Gasteiger partial charge in [-0.1, -0.05) is 24.3 Å². The summed E-state index contributed by atoms with van der Waals surface area (Å²) in [7, 11) is 0. The molecule has 0 radical (unpaired) electrons. The number of aliphatic hydroxyl groups excluding tert-OH is 1. The number of likely N-dealkylation sites (tertiary alicyclic amines) is 1. The Labute approximate surface area is 127 Å². The van der Waals surface area contributed by atoms with Gasteiger partial charge in [0.2, 0.25) is 5.91 Å². The molecule has 1 amide bonds. The molecule has 1 N–H and O–H groups in total. The molecule has 3 nitrogen and oxygen atoms in total. The number of aryl methyl sites for hydroxylation is 1. The molecule has 3 heteroatoms. The fourth-order valence-corrected chi connectivity index (χ4v) is 3.90. The molecule has 21 heavy (non-hydrogen) atoms. The van der Waals surface area contributed by atoms with Crippen LogP contribution in [0.4, 0.5) is 0 Å². The molecule has 0 saturated carbocycles. The van der Waals surface area contributed by atoms with Crippen LogP contribution in [0.5, 0.6) is 0 Å². The van der Waals surface area contributed by atoms with Crippen molar-refractivity contribution in [1.82, 2.24) is 4.90 Å². The number of hydrogen-bond acceptors (Lipinski definition) is 2. The molecular formula is C18H25NO2. The van der Waals surface area contributed by atoms with Crippen LogP contribution in [0.2, 0.25) is 0 Å². The van der Waals surface area contributed by atoms with E-state index in [-0.39, 0.29) is 12.5 Å². The lowest BCUT2D eigenvalue weighted by Gasteiger charge is -2.31. The maximum Gasteiger partial charge on any atom is 0.226 e. The van der Waals surface area contributed by atoms with Crippen LogP contribution in [0.1, 0.15) is 43.2 Å². The molecule has 0 spiro atoms. The lowest BCUT2D eigenvalue weighted by atomic mass is 9.83. The number of hydrogen-bond donors (Lipinski definition) is 1. The predicted octanol–water partition coefficient (Wildman–Crippen LogP) is 2.56. The molecule has 2 aliphatic rings. The van der Waals surface area contributed by atoms with Gasteiger partial charge in [0.25, 0.3) is 0 Å². The highest BCUT2D eigenvalue weighted by molar-refractivity contribution is 5.80. The molecule has 1 aromatic carbocycles. The fourth-order valence-electron chi connectivity index (χ4n) is 3.90. The molecule has 2 unspecified atom stereocenters. The summed E-state index contributed by atoms with van der Waals surface area (Å²) in [5, 5.41) is 9.01.